The normalized spacial score (nSPS) is 17.8. The molecule has 0 radical (unpaired) electrons. The SMILES string of the molecule is CCN(CC1CCCN(CCc2cccc(F)c2)C1)C(=O)c1nccn1C. The fourth-order valence-corrected chi connectivity index (χ4v) is 3.86. The van der Waals surface area contributed by atoms with Gasteiger partial charge in [0.25, 0.3) is 5.91 Å². The molecule has 5 nitrogen and oxygen atoms in total. The average molecular weight is 372 g/mol. The molecule has 0 bridgehead atoms. The smallest absolute Gasteiger partial charge is 0.289 e. The third-order valence-corrected chi connectivity index (χ3v) is 5.37. The Balaban J connectivity index is 1.54. The molecule has 0 saturated carbocycles. The Labute approximate surface area is 160 Å². The van der Waals surface area contributed by atoms with Crippen LogP contribution in [0.15, 0.2) is 36.7 Å². The van der Waals surface area contributed by atoms with Crippen LogP contribution < -0.4 is 0 Å². The number of nitrogens with zero attached hydrogens (tertiary/aromatic N) is 4. The number of carbonyl (C=O) groups excluding carboxylic acids is 1. The molecule has 1 aromatic heterocycles. The number of piperidine rings is 1. The van der Waals surface area contributed by atoms with Gasteiger partial charge in [-0.15, -0.1) is 0 Å². The second-order valence-electron chi connectivity index (χ2n) is 7.39. The lowest BCUT2D eigenvalue weighted by Crippen LogP contribution is -2.43. The first-order valence-corrected chi connectivity index (χ1v) is 9.80. The summed E-state index contributed by atoms with van der Waals surface area (Å²) in [6, 6.07) is 6.85. The minimum absolute atomic E-state index is 0.00174. The summed E-state index contributed by atoms with van der Waals surface area (Å²) in [5, 5.41) is 0. The van der Waals surface area contributed by atoms with Gasteiger partial charge in [-0.05, 0) is 56.3 Å². The van der Waals surface area contributed by atoms with Crippen LogP contribution in [-0.4, -0.2) is 58.0 Å². The van der Waals surface area contributed by atoms with Gasteiger partial charge in [-0.3, -0.25) is 4.79 Å². The van der Waals surface area contributed by atoms with Crippen molar-refractivity contribution in [2.24, 2.45) is 13.0 Å². The van der Waals surface area contributed by atoms with Gasteiger partial charge in [0.2, 0.25) is 0 Å². The molecular formula is C21H29FN4O. The molecule has 1 aliphatic heterocycles. The standard InChI is InChI=1S/C21H29FN4O/c1-3-26(21(27)20-23-10-13-24(20)2)16-18-7-5-11-25(15-18)12-9-17-6-4-8-19(22)14-17/h4,6,8,10,13-14,18H,3,5,7,9,11-12,15-16H2,1-2H3. The van der Waals surface area contributed by atoms with Gasteiger partial charge in [0.15, 0.2) is 5.82 Å². The molecule has 1 saturated heterocycles. The number of hydrogen-bond donors (Lipinski definition) is 0. The zero-order chi connectivity index (χ0) is 19.2. The molecule has 146 valence electrons. The number of halogens is 1. The summed E-state index contributed by atoms with van der Waals surface area (Å²) in [4.78, 5) is 21.3. The summed E-state index contributed by atoms with van der Waals surface area (Å²) in [6.07, 6.45) is 6.60. The van der Waals surface area contributed by atoms with Crippen molar-refractivity contribution in [1.29, 1.82) is 0 Å². The van der Waals surface area contributed by atoms with Crippen LogP contribution in [0.4, 0.5) is 4.39 Å². The molecule has 1 aromatic carbocycles. The average Bonchev–Trinajstić information content (AvgIpc) is 3.10. The number of rotatable bonds is 7. The van der Waals surface area contributed by atoms with Crippen molar-refractivity contribution >= 4 is 5.91 Å². The van der Waals surface area contributed by atoms with Crippen LogP contribution in [0.25, 0.3) is 0 Å². The highest BCUT2D eigenvalue weighted by Gasteiger charge is 2.25. The second-order valence-corrected chi connectivity index (χ2v) is 7.39. The number of carbonyl (C=O) groups is 1. The van der Waals surface area contributed by atoms with Gasteiger partial charge in [0, 0.05) is 45.6 Å². The predicted molar refractivity (Wildman–Crippen MR) is 104 cm³/mol. The van der Waals surface area contributed by atoms with Crippen LogP contribution in [0, 0.1) is 11.7 Å². The molecule has 3 rings (SSSR count). The lowest BCUT2D eigenvalue weighted by atomic mass is 9.96. The van der Waals surface area contributed by atoms with E-state index in [1.54, 1.807) is 29.1 Å². The van der Waals surface area contributed by atoms with Gasteiger partial charge in [0.1, 0.15) is 5.82 Å². The topological polar surface area (TPSA) is 41.4 Å². The summed E-state index contributed by atoms with van der Waals surface area (Å²) in [5.41, 5.74) is 1.04. The Morgan fingerprint density at radius 3 is 2.96 bits per heavy atom. The Bertz CT molecular complexity index is 760. The molecule has 1 amide bonds. The van der Waals surface area contributed by atoms with Crippen molar-refractivity contribution in [2.75, 3.05) is 32.7 Å². The van der Waals surface area contributed by atoms with Gasteiger partial charge >= 0.3 is 0 Å². The third kappa shape index (κ3) is 5.16. The zero-order valence-corrected chi connectivity index (χ0v) is 16.3. The molecule has 0 spiro atoms. The fraction of sp³-hybridized carbons (Fsp3) is 0.524. The number of likely N-dealkylation sites (tertiary alicyclic amines) is 1. The van der Waals surface area contributed by atoms with E-state index in [1.165, 1.54) is 6.07 Å². The number of aromatic nitrogens is 2. The molecule has 0 N–H and O–H groups in total. The second kappa shape index (κ2) is 9.13. The van der Waals surface area contributed by atoms with Crippen molar-refractivity contribution in [3.05, 3.63) is 53.9 Å². The monoisotopic (exact) mass is 372 g/mol. The molecule has 2 aromatic rings. The van der Waals surface area contributed by atoms with E-state index in [-0.39, 0.29) is 11.7 Å². The zero-order valence-electron chi connectivity index (χ0n) is 16.3. The van der Waals surface area contributed by atoms with E-state index in [1.807, 2.05) is 24.9 Å². The highest BCUT2D eigenvalue weighted by Crippen LogP contribution is 2.19. The van der Waals surface area contributed by atoms with Crippen molar-refractivity contribution in [1.82, 2.24) is 19.4 Å². The first-order valence-electron chi connectivity index (χ1n) is 9.80. The summed E-state index contributed by atoms with van der Waals surface area (Å²) in [7, 11) is 1.85. The lowest BCUT2D eigenvalue weighted by molar-refractivity contribution is 0.0675. The van der Waals surface area contributed by atoms with E-state index < -0.39 is 0 Å². The van der Waals surface area contributed by atoms with Crippen LogP contribution >= 0.6 is 0 Å². The minimum Gasteiger partial charge on any atom is -0.336 e. The molecule has 1 atom stereocenters. The molecular weight excluding hydrogens is 343 g/mol. The predicted octanol–water partition coefficient (Wildman–Crippen LogP) is 2.98. The number of amides is 1. The first-order chi connectivity index (χ1) is 13.1. The Morgan fingerprint density at radius 1 is 1.41 bits per heavy atom. The Hall–Kier alpha value is -2.21. The third-order valence-electron chi connectivity index (χ3n) is 5.37. The van der Waals surface area contributed by atoms with Gasteiger partial charge in [0.05, 0.1) is 0 Å². The van der Waals surface area contributed by atoms with Crippen molar-refractivity contribution in [2.45, 2.75) is 26.2 Å². The molecule has 1 aliphatic rings. The number of imidazole rings is 1. The van der Waals surface area contributed by atoms with Crippen LogP contribution in [0.2, 0.25) is 0 Å². The van der Waals surface area contributed by atoms with Gasteiger partial charge in [-0.25, -0.2) is 9.37 Å². The largest absolute Gasteiger partial charge is 0.336 e. The summed E-state index contributed by atoms with van der Waals surface area (Å²) >= 11 is 0. The van der Waals surface area contributed by atoms with Crippen LogP contribution in [-0.2, 0) is 13.5 Å². The Kier molecular flexibility index (Phi) is 6.61. The van der Waals surface area contributed by atoms with E-state index in [0.29, 0.717) is 18.3 Å². The maximum atomic E-state index is 13.3. The van der Waals surface area contributed by atoms with E-state index in [0.717, 1.165) is 51.0 Å². The lowest BCUT2D eigenvalue weighted by Gasteiger charge is -2.35. The molecule has 27 heavy (non-hydrogen) atoms. The summed E-state index contributed by atoms with van der Waals surface area (Å²) < 4.78 is 15.1. The minimum atomic E-state index is -0.171. The van der Waals surface area contributed by atoms with Gasteiger partial charge in [-0.1, -0.05) is 12.1 Å². The van der Waals surface area contributed by atoms with Crippen molar-refractivity contribution in [3.63, 3.8) is 0 Å². The first kappa shape index (κ1) is 19.5. The van der Waals surface area contributed by atoms with E-state index in [2.05, 4.69) is 9.88 Å². The maximum Gasteiger partial charge on any atom is 0.289 e. The van der Waals surface area contributed by atoms with Gasteiger partial charge in [-0.2, -0.15) is 0 Å². The molecule has 1 unspecified atom stereocenters. The summed E-state index contributed by atoms with van der Waals surface area (Å²) in [5.74, 6) is 0.795. The fourth-order valence-electron chi connectivity index (χ4n) is 3.86. The van der Waals surface area contributed by atoms with E-state index in [4.69, 9.17) is 0 Å². The number of benzene rings is 1. The van der Waals surface area contributed by atoms with Crippen LogP contribution in [0.3, 0.4) is 0 Å². The highest BCUT2D eigenvalue weighted by atomic mass is 19.1. The van der Waals surface area contributed by atoms with Crippen molar-refractivity contribution < 1.29 is 9.18 Å². The van der Waals surface area contributed by atoms with Crippen LogP contribution in [0.5, 0.6) is 0 Å². The maximum absolute atomic E-state index is 13.3. The van der Waals surface area contributed by atoms with Crippen molar-refractivity contribution in [3.8, 4) is 0 Å². The van der Waals surface area contributed by atoms with Gasteiger partial charge < -0.3 is 14.4 Å². The summed E-state index contributed by atoms with van der Waals surface area (Å²) in [6.45, 7) is 6.46. The molecule has 1 fully saturated rings. The quantitative estimate of drug-likeness (QED) is 0.750. The van der Waals surface area contributed by atoms with Crippen LogP contribution in [0.1, 0.15) is 35.9 Å². The van der Waals surface area contributed by atoms with E-state index >= 15 is 0 Å². The Morgan fingerprint density at radius 2 is 2.26 bits per heavy atom. The molecule has 0 aliphatic carbocycles. The molecule has 6 heteroatoms. The molecule has 2 heterocycles. The number of hydrogen-bond acceptors (Lipinski definition) is 3. The highest BCUT2D eigenvalue weighted by molar-refractivity contribution is 5.90. The van der Waals surface area contributed by atoms with E-state index in [9.17, 15) is 9.18 Å². The number of aryl methyl sites for hydroxylation is 1.